The number of anilines is 1. The van der Waals surface area contributed by atoms with Crippen molar-refractivity contribution >= 4 is 35.0 Å². The van der Waals surface area contributed by atoms with E-state index in [-0.39, 0.29) is 16.6 Å². The summed E-state index contributed by atoms with van der Waals surface area (Å²) in [6, 6.07) is 5.53. The number of nitrogen functional groups attached to an aromatic ring is 1. The molecule has 0 fully saturated rings. The molecule has 0 spiro atoms. The van der Waals surface area contributed by atoms with Crippen molar-refractivity contribution in [1.82, 2.24) is 14.9 Å². The average molecular weight is 366 g/mol. The third-order valence-electron chi connectivity index (χ3n) is 2.64. The largest absolute Gasteiger partial charge is 0.406 e. The fraction of sp³-hybridized carbons (Fsp3) is 0.250. The lowest BCUT2D eigenvalue weighted by Crippen LogP contribution is -2.40. The fourth-order valence-electron chi connectivity index (χ4n) is 1.66. The summed E-state index contributed by atoms with van der Waals surface area (Å²) in [7, 11) is 0. The van der Waals surface area contributed by atoms with Crippen LogP contribution in [-0.4, -0.2) is 39.3 Å². The number of hydrogen-bond acceptors (Lipinski definition) is 5. The number of benzene rings is 1. The topological polar surface area (TPSA) is 77.0 Å². The molecule has 1 heterocycles. The normalized spacial score (nSPS) is 11.5. The molecule has 11 heteroatoms. The lowest BCUT2D eigenvalue weighted by Gasteiger charge is -2.24. The standard InChI is InChI=1S/C12H11ClF3N5OS/c13-8-1-3-9(4-2-8)20(6-12(14,15)16)10(22)5-23-11-19-18-7-21(11)17/h1-4,7H,5-6,17H2. The Labute approximate surface area is 138 Å². The molecule has 0 radical (unpaired) electrons. The Hall–Kier alpha value is -1.94. The van der Waals surface area contributed by atoms with Crippen LogP contribution in [0.1, 0.15) is 0 Å². The van der Waals surface area contributed by atoms with Crippen LogP contribution in [0.15, 0.2) is 35.7 Å². The smallest absolute Gasteiger partial charge is 0.336 e. The molecule has 0 bridgehead atoms. The molecule has 0 saturated heterocycles. The van der Waals surface area contributed by atoms with Gasteiger partial charge in [0.2, 0.25) is 11.1 Å². The molecule has 124 valence electrons. The Morgan fingerprint density at radius 1 is 1.35 bits per heavy atom. The number of nitrogens with zero attached hydrogens (tertiary/aromatic N) is 4. The molecule has 0 saturated carbocycles. The first kappa shape index (κ1) is 17.4. The predicted octanol–water partition coefficient (Wildman–Crippen LogP) is 2.33. The highest BCUT2D eigenvalue weighted by molar-refractivity contribution is 7.99. The fourth-order valence-corrected chi connectivity index (χ4v) is 2.50. The van der Waals surface area contributed by atoms with Crippen LogP contribution in [0.3, 0.4) is 0 Å². The van der Waals surface area contributed by atoms with Gasteiger partial charge >= 0.3 is 6.18 Å². The van der Waals surface area contributed by atoms with Gasteiger partial charge in [-0.3, -0.25) is 4.79 Å². The first-order chi connectivity index (χ1) is 10.8. The number of amides is 1. The quantitative estimate of drug-likeness (QED) is 0.650. The second-order valence-electron chi connectivity index (χ2n) is 4.38. The van der Waals surface area contributed by atoms with Gasteiger partial charge in [-0.15, -0.1) is 10.2 Å². The minimum Gasteiger partial charge on any atom is -0.336 e. The van der Waals surface area contributed by atoms with E-state index in [1.807, 2.05) is 0 Å². The lowest BCUT2D eigenvalue weighted by atomic mass is 10.3. The summed E-state index contributed by atoms with van der Waals surface area (Å²) in [5.41, 5.74) is 0.103. The molecule has 0 unspecified atom stereocenters. The highest BCUT2D eigenvalue weighted by Gasteiger charge is 2.33. The van der Waals surface area contributed by atoms with Crippen molar-refractivity contribution in [3.8, 4) is 0 Å². The Morgan fingerprint density at radius 3 is 2.52 bits per heavy atom. The van der Waals surface area contributed by atoms with E-state index in [9.17, 15) is 18.0 Å². The summed E-state index contributed by atoms with van der Waals surface area (Å²) in [6.45, 7) is -1.40. The first-order valence-electron chi connectivity index (χ1n) is 6.17. The molecule has 1 aromatic heterocycles. The van der Waals surface area contributed by atoms with Crippen LogP contribution < -0.4 is 10.7 Å². The lowest BCUT2D eigenvalue weighted by molar-refractivity contribution is -0.131. The second kappa shape index (κ2) is 7.09. The zero-order valence-corrected chi connectivity index (χ0v) is 13.1. The van der Waals surface area contributed by atoms with E-state index >= 15 is 0 Å². The highest BCUT2D eigenvalue weighted by Crippen LogP contribution is 2.25. The third kappa shape index (κ3) is 5.03. The van der Waals surface area contributed by atoms with Crippen LogP contribution in [-0.2, 0) is 4.79 Å². The average Bonchev–Trinajstić information content (AvgIpc) is 2.88. The molecular formula is C12H11ClF3N5OS. The van der Waals surface area contributed by atoms with Gasteiger partial charge in [0, 0.05) is 10.7 Å². The van der Waals surface area contributed by atoms with Crippen LogP contribution in [0.25, 0.3) is 0 Å². The SMILES string of the molecule is Nn1cnnc1SCC(=O)N(CC(F)(F)F)c1ccc(Cl)cc1. The zero-order chi connectivity index (χ0) is 17.0. The van der Waals surface area contributed by atoms with Crippen LogP contribution in [0, 0.1) is 0 Å². The van der Waals surface area contributed by atoms with Gasteiger partial charge in [-0.1, -0.05) is 23.4 Å². The number of nitrogens with two attached hydrogens (primary N) is 1. The number of rotatable bonds is 5. The Kier molecular flexibility index (Phi) is 5.37. The molecule has 2 N–H and O–H groups in total. The number of carbonyl (C=O) groups excluding carboxylic acids is 1. The van der Waals surface area contributed by atoms with Gasteiger partial charge in [-0.25, -0.2) is 4.68 Å². The van der Waals surface area contributed by atoms with E-state index in [4.69, 9.17) is 17.4 Å². The summed E-state index contributed by atoms with van der Waals surface area (Å²) in [6.07, 6.45) is -3.31. The van der Waals surface area contributed by atoms with Crippen molar-refractivity contribution in [2.24, 2.45) is 0 Å². The summed E-state index contributed by atoms with van der Waals surface area (Å²) >= 11 is 6.61. The summed E-state index contributed by atoms with van der Waals surface area (Å²) in [4.78, 5) is 12.8. The monoisotopic (exact) mass is 365 g/mol. The zero-order valence-electron chi connectivity index (χ0n) is 11.5. The third-order valence-corrected chi connectivity index (χ3v) is 3.84. The number of thioether (sulfide) groups is 1. The minimum atomic E-state index is -4.53. The van der Waals surface area contributed by atoms with Gasteiger partial charge in [-0.05, 0) is 24.3 Å². The number of halogens is 4. The van der Waals surface area contributed by atoms with E-state index < -0.39 is 18.6 Å². The molecule has 2 aromatic rings. The van der Waals surface area contributed by atoms with Crippen LogP contribution in [0.4, 0.5) is 18.9 Å². The number of carbonyl (C=O) groups is 1. The maximum atomic E-state index is 12.7. The second-order valence-corrected chi connectivity index (χ2v) is 5.76. The predicted molar refractivity (Wildman–Crippen MR) is 80.8 cm³/mol. The van der Waals surface area contributed by atoms with Gasteiger partial charge in [0.25, 0.3) is 0 Å². The molecule has 23 heavy (non-hydrogen) atoms. The van der Waals surface area contributed by atoms with Crippen molar-refractivity contribution in [1.29, 1.82) is 0 Å². The number of aromatic nitrogens is 3. The Balaban J connectivity index is 2.14. The van der Waals surface area contributed by atoms with E-state index in [0.29, 0.717) is 9.92 Å². The van der Waals surface area contributed by atoms with Gasteiger partial charge in [-0.2, -0.15) is 13.2 Å². The van der Waals surface area contributed by atoms with Crippen molar-refractivity contribution in [3.05, 3.63) is 35.6 Å². The maximum Gasteiger partial charge on any atom is 0.406 e. The van der Waals surface area contributed by atoms with E-state index in [0.717, 1.165) is 16.4 Å². The molecule has 0 aliphatic carbocycles. The molecule has 0 aliphatic heterocycles. The molecule has 1 amide bonds. The number of hydrogen-bond donors (Lipinski definition) is 1. The molecule has 0 atom stereocenters. The minimum absolute atomic E-state index is 0.103. The van der Waals surface area contributed by atoms with E-state index in [1.54, 1.807) is 0 Å². The molecule has 1 aromatic carbocycles. The Bertz CT molecular complexity index is 676. The van der Waals surface area contributed by atoms with E-state index in [1.165, 1.54) is 30.6 Å². The van der Waals surface area contributed by atoms with Gasteiger partial charge in [0.15, 0.2) is 0 Å². The number of alkyl halides is 3. The summed E-state index contributed by atoms with van der Waals surface area (Å²) < 4.78 is 39.3. The van der Waals surface area contributed by atoms with Crippen molar-refractivity contribution in [3.63, 3.8) is 0 Å². The van der Waals surface area contributed by atoms with Crippen molar-refractivity contribution < 1.29 is 18.0 Å². The Morgan fingerprint density at radius 2 is 2.00 bits per heavy atom. The van der Waals surface area contributed by atoms with Crippen LogP contribution in [0.2, 0.25) is 5.02 Å². The molecular weight excluding hydrogens is 355 g/mol. The first-order valence-corrected chi connectivity index (χ1v) is 7.53. The van der Waals surface area contributed by atoms with Crippen LogP contribution in [0.5, 0.6) is 0 Å². The maximum absolute atomic E-state index is 12.7. The van der Waals surface area contributed by atoms with Gasteiger partial charge < -0.3 is 10.7 Å². The van der Waals surface area contributed by atoms with Gasteiger partial charge in [0.1, 0.15) is 12.9 Å². The summed E-state index contributed by atoms with van der Waals surface area (Å²) in [5, 5.41) is 7.75. The van der Waals surface area contributed by atoms with Crippen molar-refractivity contribution in [2.75, 3.05) is 23.0 Å². The van der Waals surface area contributed by atoms with Gasteiger partial charge in [0.05, 0.1) is 5.75 Å². The molecule has 0 aliphatic rings. The molecule has 2 rings (SSSR count). The molecule has 6 nitrogen and oxygen atoms in total. The summed E-state index contributed by atoms with van der Waals surface area (Å²) in [5.74, 6) is 4.48. The highest BCUT2D eigenvalue weighted by atomic mass is 35.5. The van der Waals surface area contributed by atoms with E-state index in [2.05, 4.69) is 10.2 Å². The van der Waals surface area contributed by atoms with Crippen LogP contribution >= 0.6 is 23.4 Å². The van der Waals surface area contributed by atoms with Crippen molar-refractivity contribution in [2.45, 2.75) is 11.3 Å².